The van der Waals surface area contributed by atoms with Gasteiger partial charge >= 0.3 is 12.1 Å². The molecule has 0 saturated heterocycles. The lowest BCUT2D eigenvalue weighted by molar-refractivity contribution is -0.144. The van der Waals surface area contributed by atoms with Crippen LogP contribution >= 0.6 is 0 Å². The molecule has 2 atom stereocenters. The van der Waals surface area contributed by atoms with Crippen LogP contribution in [0.4, 0.5) is 4.79 Å². The molecule has 1 aliphatic rings. The number of methoxy groups -OCH3 is 1. The molecule has 1 rings (SSSR count). The van der Waals surface area contributed by atoms with Crippen molar-refractivity contribution in [3.63, 3.8) is 0 Å². The zero-order valence-electron chi connectivity index (χ0n) is 11.6. The summed E-state index contributed by atoms with van der Waals surface area (Å²) in [6.45, 7) is 5.21. The van der Waals surface area contributed by atoms with Gasteiger partial charge in [0, 0.05) is 12.1 Å². The molecular weight excluding hydrogens is 252 g/mol. The number of hydrogen-bond donors (Lipinski definition) is 2. The topological polar surface area (TPSA) is 97.2 Å². The number of oxime groups is 1. The average Bonchev–Trinajstić information content (AvgIpc) is 2.97. The number of nitrogens with one attached hydrogen (secondary N) is 1. The lowest BCUT2D eigenvalue weighted by Gasteiger charge is -2.23. The smallest absolute Gasteiger partial charge is 0.408 e. The van der Waals surface area contributed by atoms with Gasteiger partial charge in [-0.2, -0.15) is 0 Å². The molecule has 2 unspecified atom stereocenters. The number of ether oxygens (including phenoxy) is 2. The van der Waals surface area contributed by atoms with Gasteiger partial charge in [-0.3, -0.25) is 0 Å². The van der Waals surface area contributed by atoms with Crippen LogP contribution in [0.1, 0.15) is 33.6 Å². The fourth-order valence-electron chi connectivity index (χ4n) is 1.91. The second-order valence-corrected chi connectivity index (χ2v) is 5.52. The van der Waals surface area contributed by atoms with Crippen molar-refractivity contribution in [2.24, 2.45) is 11.1 Å². The van der Waals surface area contributed by atoms with Crippen molar-refractivity contribution in [1.82, 2.24) is 5.32 Å². The van der Waals surface area contributed by atoms with Crippen molar-refractivity contribution in [3.8, 4) is 0 Å². The predicted octanol–water partition coefficient (Wildman–Crippen LogP) is 1.29. The maximum Gasteiger partial charge on any atom is 0.408 e. The van der Waals surface area contributed by atoms with Crippen LogP contribution in [0.15, 0.2) is 5.16 Å². The monoisotopic (exact) mass is 272 g/mol. The van der Waals surface area contributed by atoms with Gasteiger partial charge in [-0.15, -0.1) is 5.16 Å². The molecule has 19 heavy (non-hydrogen) atoms. The summed E-state index contributed by atoms with van der Waals surface area (Å²) in [4.78, 5) is 23.5. The second-order valence-electron chi connectivity index (χ2n) is 5.52. The highest BCUT2D eigenvalue weighted by molar-refractivity contribution is 5.90. The van der Waals surface area contributed by atoms with Gasteiger partial charge in [0.1, 0.15) is 11.1 Å². The molecule has 7 nitrogen and oxygen atoms in total. The van der Waals surface area contributed by atoms with E-state index in [1.54, 1.807) is 20.8 Å². The zero-order valence-corrected chi connectivity index (χ0v) is 11.6. The van der Waals surface area contributed by atoms with E-state index in [1.165, 1.54) is 13.3 Å². The van der Waals surface area contributed by atoms with Crippen molar-refractivity contribution >= 4 is 18.3 Å². The molecule has 0 bridgehead atoms. The van der Waals surface area contributed by atoms with Crippen LogP contribution in [0.25, 0.3) is 0 Å². The van der Waals surface area contributed by atoms with Gasteiger partial charge in [0.05, 0.1) is 7.11 Å². The Bertz CT molecular complexity index is 388. The molecule has 108 valence electrons. The lowest BCUT2D eigenvalue weighted by atomic mass is 10.1. The highest BCUT2D eigenvalue weighted by atomic mass is 16.6. The highest BCUT2D eigenvalue weighted by Crippen LogP contribution is 2.46. The number of esters is 1. The molecular formula is C12H20N2O5. The number of amides is 1. The minimum atomic E-state index is -1.07. The Morgan fingerprint density at radius 1 is 1.53 bits per heavy atom. The van der Waals surface area contributed by atoms with Crippen LogP contribution < -0.4 is 5.32 Å². The fraction of sp³-hybridized carbons (Fsp3) is 0.750. The Morgan fingerprint density at radius 2 is 2.16 bits per heavy atom. The Labute approximate surface area is 111 Å². The number of hydrogen-bond acceptors (Lipinski definition) is 6. The summed E-state index contributed by atoms with van der Waals surface area (Å²) in [5.74, 6) is -0.668. The molecule has 0 heterocycles. The van der Waals surface area contributed by atoms with Gasteiger partial charge in [0.2, 0.25) is 0 Å². The Hall–Kier alpha value is -1.79. The summed E-state index contributed by atoms with van der Waals surface area (Å²) in [6, 6.07) is 0. The third-order valence-corrected chi connectivity index (χ3v) is 2.85. The molecule has 1 amide bonds. The number of carbonyl (C=O) groups excluding carboxylic acids is 2. The quantitative estimate of drug-likeness (QED) is 0.348. The maximum atomic E-state index is 11.8. The molecule has 0 aromatic carbocycles. The van der Waals surface area contributed by atoms with E-state index in [2.05, 4.69) is 10.5 Å². The van der Waals surface area contributed by atoms with Crippen LogP contribution in [0.3, 0.4) is 0 Å². The van der Waals surface area contributed by atoms with Gasteiger partial charge in [0.15, 0.2) is 0 Å². The number of nitrogens with zero attached hydrogens (tertiary/aromatic N) is 1. The van der Waals surface area contributed by atoms with Crippen LogP contribution in [-0.2, 0) is 14.3 Å². The van der Waals surface area contributed by atoms with E-state index in [0.717, 1.165) is 0 Å². The van der Waals surface area contributed by atoms with Crippen molar-refractivity contribution < 1.29 is 24.3 Å². The van der Waals surface area contributed by atoms with Crippen LogP contribution in [-0.4, -0.2) is 41.7 Å². The number of rotatable bonds is 4. The molecule has 0 spiro atoms. The first-order valence-corrected chi connectivity index (χ1v) is 6.00. The van der Waals surface area contributed by atoms with Crippen LogP contribution in [0.5, 0.6) is 0 Å². The molecule has 0 aromatic heterocycles. The largest absolute Gasteiger partial charge is 0.467 e. The van der Waals surface area contributed by atoms with E-state index < -0.39 is 23.2 Å². The molecule has 1 aliphatic carbocycles. The zero-order chi connectivity index (χ0) is 14.7. The van der Waals surface area contributed by atoms with Gasteiger partial charge in [0.25, 0.3) is 0 Å². The van der Waals surface area contributed by atoms with Crippen molar-refractivity contribution in [1.29, 1.82) is 0 Å². The predicted molar refractivity (Wildman–Crippen MR) is 67.1 cm³/mol. The molecule has 7 heteroatoms. The average molecular weight is 272 g/mol. The fourth-order valence-corrected chi connectivity index (χ4v) is 1.91. The van der Waals surface area contributed by atoms with Crippen molar-refractivity contribution in [2.45, 2.75) is 44.8 Å². The summed E-state index contributed by atoms with van der Waals surface area (Å²) >= 11 is 0. The molecule has 1 fully saturated rings. The second kappa shape index (κ2) is 5.46. The van der Waals surface area contributed by atoms with E-state index in [1.807, 2.05) is 0 Å². The first-order valence-electron chi connectivity index (χ1n) is 6.00. The summed E-state index contributed by atoms with van der Waals surface area (Å²) < 4.78 is 9.82. The normalized spacial score (nSPS) is 26.0. The summed E-state index contributed by atoms with van der Waals surface area (Å²) in [5, 5.41) is 13.8. The van der Waals surface area contributed by atoms with Crippen molar-refractivity contribution in [2.75, 3.05) is 7.11 Å². The van der Waals surface area contributed by atoms with Gasteiger partial charge in [-0.25, -0.2) is 9.59 Å². The summed E-state index contributed by atoms with van der Waals surface area (Å²) in [6.07, 6.45) is 1.43. The molecule has 2 N–H and O–H groups in total. The van der Waals surface area contributed by atoms with Crippen molar-refractivity contribution in [3.05, 3.63) is 0 Å². The molecule has 0 aromatic rings. The van der Waals surface area contributed by atoms with E-state index in [0.29, 0.717) is 12.8 Å². The minimum Gasteiger partial charge on any atom is -0.467 e. The third kappa shape index (κ3) is 3.84. The third-order valence-electron chi connectivity index (χ3n) is 2.85. The Balaban J connectivity index is 2.68. The molecule has 0 aliphatic heterocycles. The van der Waals surface area contributed by atoms with Crippen LogP contribution in [0, 0.1) is 5.92 Å². The first-order chi connectivity index (χ1) is 8.75. The van der Waals surface area contributed by atoms with E-state index >= 15 is 0 Å². The van der Waals surface area contributed by atoms with E-state index in [-0.39, 0.29) is 5.92 Å². The lowest BCUT2D eigenvalue weighted by Crippen LogP contribution is -2.47. The highest BCUT2D eigenvalue weighted by Gasteiger charge is 2.62. The minimum absolute atomic E-state index is 0.150. The molecule has 1 saturated carbocycles. The first kappa shape index (κ1) is 15.3. The van der Waals surface area contributed by atoms with Crippen LogP contribution in [0.2, 0.25) is 0 Å². The van der Waals surface area contributed by atoms with E-state index in [9.17, 15) is 9.59 Å². The maximum absolute atomic E-state index is 11.8. The molecule has 0 radical (unpaired) electrons. The Kier molecular flexibility index (Phi) is 4.39. The standard InChI is InChI=1S/C12H20N2O5/c1-11(2,3)19-10(16)14-12(9(15)18-4)7-8(12)5-6-13-17/h6,8,17H,5,7H2,1-4H3,(H,14,16). The SMILES string of the molecule is COC(=O)C1(NC(=O)OC(C)(C)C)CC1CC=NO. The van der Waals surface area contributed by atoms with E-state index in [4.69, 9.17) is 14.7 Å². The van der Waals surface area contributed by atoms with Gasteiger partial charge < -0.3 is 20.0 Å². The summed E-state index contributed by atoms with van der Waals surface area (Å²) in [7, 11) is 1.26. The Morgan fingerprint density at radius 3 is 2.63 bits per heavy atom. The number of carbonyl (C=O) groups is 2. The summed E-state index contributed by atoms with van der Waals surface area (Å²) in [5.41, 5.74) is -1.71. The number of alkyl carbamates (subject to hydrolysis) is 1. The van der Waals surface area contributed by atoms with Gasteiger partial charge in [-0.05, 0) is 33.6 Å². The van der Waals surface area contributed by atoms with Gasteiger partial charge in [-0.1, -0.05) is 0 Å².